The zero-order valence-corrected chi connectivity index (χ0v) is 15.0. The second kappa shape index (κ2) is 8.10. The van der Waals surface area contributed by atoms with Crippen LogP contribution in [0.5, 0.6) is 0 Å². The number of para-hydroxylation sites is 1. The summed E-state index contributed by atoms with van der Waals surface area (Å²) in [4.78, 5) is 24.2. The molecule has 0 saturated carbocycles. The minimum atomic E-state index is -0.188. The first-order valence-electron chi connectivity index (χ1n) is 9.14. The molecule has 2 aromatic rings. The molecule has 5 nitrogen and oxygen atoms in total. The molecule has 1 aliphatic heterocycles. The molecule has 1 fully saturated rings. The number of carbonyl (C=O) groups is 1. The Labute approximate surface area is 149 Å². The lowest BCUT2D eigenvalue weighted by Crippen LogP contribution is -2.28. The predicted molar refractivity (Wildman–Crippen MR) is 101 cm³/mol. The third kappa shape index (κ3) is 4.56. The van der Waals surface area contributed by atoms with Gasteiger partial charge >= 0.3 is 0 Å². The molecular formula is C20H26N4O. The average molecular weight is 338 g/mol. The number of hydrogen-bond donors (Lipinski definition) is 1. The molecule has 1 aromatic heterocycles. The average Bonchev–Trinajstić information content (AvgIpc) is 2.91. The molecule has 0 spiro atoms. The number of anilines is 2. The van der Waals surface area contributed by atoms with Crippen LogP contribution < -0.4 is 10.2 Å². The van der Waals surface area contributed by atoms with Crippen molar-refractivity contribution < 1.29 is 4.79 Å². The Kier molecular flexibility index (Phi) is 5.64. The van der Waals surface area contributed by atoms with Crippen LogP contribution in [0.2, 0.25) is 0 Å². The first kappa shape index (κ1) is 17.4. The minimum Gasteiger partial charge on any atom is -0.341 e. The van der Waals surface area contributed by atoms with Crippen molar-refractivity contribution >= 4 is 17.5 Å². The van der Waals surface area contributed by atoms with Crippen LogP contribution in [0.4, 0.5) is 11.6 Å². The van der Waals surface area contributed by atoms with Crippen LogP contribution in [0.15, 0.2) is 36.4 Å². The maximum Gasteiger partial charge on any atom is 0.274 e. The molecule has 1 aromatic carbocycles. The number of benzene rings is 1. The molecule has 3 rings (SSSR count). The van der Waals surface area contributed by atoms with Gasteiger partial charge in [-0.3, -0.25) is 4.79 Å². The fraction of sp³-hybridized carbons (Fsp3) is 0.450. The molecule has 25 heavy (non-hydrogen) atoms. The number of hydrogen-bond acceptors (Lipinski definition) is 4. The third-order valence-electron chi connectivity index (χ3n) is 4.48. The smallest absolute Gasteiger partial charge is 0.274 e. The molecule has 1 N–H and O–H groups in total. The maximum atomic E-state index is 12.7. The Hall–Kier alpha value is -2.43. The first-order valence-corrected chi connectivity index (χ1v) is 9.14. The molecule has 1 amide bonds. The van der Waals surface area contributed by atoms with Gasteiger partial charge in [0.2, 0.25) is 5.95 Å². The summed E-state index contributed by atoms with van der Waals surface area (Å²) < 4.78 is 0. The van der Waals surface area contributed by atoms with E-state index in [4.69, 9.17) is 4.98 Å². The van der Waals surface area contributed by atoms with Crippen molar-refractivity contribution in [3.8, 4) is 0 Å². The minimum absolute atomic E-state index is 0.188. The zero-order valence-electron chi connectivity index (χ0n) is 15.0. The summed E-state index contributed by atoms with van der Waals surface area (Å²) in [5.41, 5.74) is 2.11. The van der Waals surface area contributed by atoms with E-state index in [1.54, 1.807) is 0 Å². The summed E-state index contributed by atoms with van der Waals surface area (Å²) in [7, 11) is 0. The van der Waals surface area contributed by atoms with E-state index in [1.165, 1.54) is 12.8 Å². The van der Waals surface area contributed by atoms with Crippen LogP contribution in [-0.4, -0.2) is 29.0 Å². The quantitative estimate of drug-likeness (QED) is 0.906. The van der Waals surface area contributed by atoms with E-state index < -0.39 is 0 Å². The van der Waals surface area contributed by atoms with Gasteiger partial charge in [-0.25, -0.2) is 9.97 Å². The van der Waals surface area contributed by atoms with E-state index in [9.17, 15) is 4.79 Å². The number of aromatic nitrogens is 2. The van der Waals surface area contributed by atoms with Crippen molar-refractivity contribution in [3.63, 3.8) is 0 Å². The van der Waals surface area contributed by atoms with Crippen LogP contribution in [0.1, 0.15) is 61.6 Å². The highest BCUT2D eigenvalue weighted by molar-refractivity contribution is 6.03. The Morgan fingerprint density at radius 2 is 1.72 bits per heavy atom. The SMILES string of the molecule is CC(C)c1cc(C(=O)Nc2ccccc2)nc(N2CCCCCC2)n1. The highest BCUT2D eigenvalue weighted by atomic mass is 16.1. The standard InChI is InChI=1S/C20H26N4O/c1-15(2)17-14-18(19(25)21-16-10-6-5-7-11-16)23-20(22-17)24-12-8-3-4-9-13-24/h5-7,10-11,14-15H,3-4,8-9,12-13H2,1-2H3,(H,21,25). The molecule has 2 heterocycles. The van der Waals surface area contributed by atoms with Gasteiger partial charge in [0.1, 0.15) is 5.69 Å². The highest BCUT2D eigenvalue weighted by Gasteiger charge is 2.18. The summed E-state index contributed by atoms with van der Waals surface area (Å²) in [5, 5.41) is 2.92. The molecular weight excluding hydrogens is 312 g/mol. The van der Waals surface area contributed by atoms with Gasteiger partial charge in [0.15, 0.2) is 0 Å². The maximum absolute atomic E-state index is 12.7. The summed E-state index contributed by atoms with van der Waals surface area (Å²) in [6, 6.07) is 11.3. The molecule has 0 radical (unpaired) electrons. The van der Waals surface area contributed by atoms with Gasteiger partial charge in [-0.05, 0) is 37.0 Å². The molecule has 1 aliphatic rings. The lowest BCUT2D eigenvalue weighted by Gasteiger charge is -2.22. The van der Waals surface area contributed by atoms with Crippen LogP contribution in [0, 0.1) is 0 Å². The van der Waals surface area contributed by atoms with Crippen LogP contribution in [-0.2, 0) is 0 Å². The van der Waals surface area contributed by atoms with Crippen molar-refractivity contribution in [3.05, 3.63) is 47.8 Å². The molecule has 132 valence electrons. The Morgan fingerprint density at radius 3 is 2.36 bits per heavy atom. The molecule has 0 unspecified atom stereocenters. The summed E-state index contributed by atoms with van der Waals surface area (Å²) in [6.07, 6.45) is 4.81. The summed E-state index contributed by atoms with van der Waals surface area (Å²) in [6.45, 7) is 6.10. The third-order valence-corrected chi connectivity index (χ3v) is 4.48. The number of carbonyl (C=O) groups excluding carboxylic acids is 1. The lowest BCUT2D eigenvalue weighted by atomic mass is 10.1. The highest BCUT2D eigenvalue weighted by Crippen LogP contribution is 2.21. The van der Waals surface area contributed by atoms with Gasteiger partial charge in [-0.2, -0.15) is 0 Å². The van der Waals surface area contributed by atoms with Gasteiger partial charge in [-0.15, -0.1) is 0 Å². The second-order valence-corrected chi connectivity index (χ2v) is 6.85. The monoisotopic (exact) mass is 338 g/mol. The van der Waals surface area contributed by atoms with E-state index in [0.717, 1.165) is 37.3 Å². The summed E-state index contributed by atoms with van der Waals surface area (Å²) in [5.74, 6) is 0.745. The van der Waals surface area contributed by atoms with Crippen molar-refractivity contribution in [1.29, 1.82) is 0 Å². The van der Waals surface area contributed by atoms with Crippen molar-refractivity contribution in [2.45, 2.75) is 45.4 Å². The van der Waals surface area contributed by atoms with Crippen molar-refractivity contribution in [2.75, 3.05) is 23.3 Å². The van der Waals surface area contributed by atoms with Crippen LogP contribution in [0.25, 0.3) is 0 Å². The topological polar surface area (TPSA) is 58.1 Å². The van der Waals surface area contributed by atoms with Gasteiger partial charge in [-0.1, -0.05) is 44.9 Å². The lowest BCUT2D eigenvalue weighted by molar-refractivity contribution is 0.102. The number of nitrogens with zero attached hydrogens (tertiary/aromatic N) is 3. The van der Waals surface area contributed by atoms with Gasteiger partial charge in [0, 0.05) is 24.5 Å². The Morgan fingerprint density at radius 1 is 1.04 bits per heavy atom. The largest absolute Gasteiger partial charge is 0.341 e. The molecule has 5 heteroatoms. The summed E-state index contributed by atoms with van der Waals surface area (Å²) >= 11 is 0. The number of amides is 1. The number of rotatable bonds is 4. The van der Waals surface area contributed by atoms with E-state index in [1.807, 2.05) is 36.4 Å². The molecule has 1 saturated heterocycles. The van der Waals surface area contributed by atoms with Crippen LogP contribution >= 0.6 is 0 Å². The number of nitrogens with one attached hydrogen (secondary N) is 1. The van der Waals surface area contributed by atoms with Crippen LogP contribution in [0.3, 0.4) is 0 Å². The zero-order chi connectivity index (χ0) is 17.6. The van der Waals surface area contributed by atoms with Gasteiger partial charge < -0.3 is 10.2 Å². The molecule has 0 atom stereocenters. The fourth-order valence-corrected chi connectivity index (χ4v) is 2.99. The Balaban J connectivity index is 1.88. The van der Waals surface area contributed by atoms with E-state index in [-0.39, 0.29) is 11.8 Å². The first-order chi connectivity index (χ1) is 12.1. The van der Waals surface area contributed by atoms with E-state index >= 15 is 0 Å². The molecule has 0 bridgehead atoms. The predicted octanol–water partition coefficient (Wildman–Crippen LogP) is 4.23. The Bertz CT molecular complexity index is 707. The van der Waals surface area contributed by atoms with Gasteiger partial charge in [0.05, 0.1) is 0 Å². The van der Waals surface area contributed by atoms with E-state index in [0.29, 0.717) is 11.6 Å². The molecule has 0 aliphatic carbocycles. The van der Waals surface area contributed by atoms with Gasteiger partial charge in [0.25, 0.3) is 5.91 Å². The fourth-order valence-electron chi connectivity index (χ4n) is 2.99. The van der Waals surface area contributed by atoms with E-state index in [2.05, 4.69) is 29.0 Å². The van der Waals surface area contributed by atoms with Crippen molar-refractivity contribution in [2.24, 2.45) is 0 Å². The van der Waals surface area contributed by atoms with Crippen molar-refractivity contribution in [1.82, 2.24) is 9.97 Å². The normalized spacial score (nSPS) is 15.1. The second-order valence-electron chi connectivity index (χ2n) is 6.85.